The molecule has 0 aromatic carbocycles. The molecule has 1 heterocycles. The van der Waals surface area contributed by atoms with Gasteiger partial charge in [0.1, 0.15) is 0 Å². The molecule has 0 aliphatic rings. The van der Waals surface area contributed by atoms with E-state index in [1.807, 2.05) is 19.1 Å². The predicted molar refractivity (Wildman–Crippen MR) is 65.1 cm³/mol. The van der Waals surface area contributed by atoms with Gasteiger partial charge < -0.3 is 10.4 Å². The Kier molecular flexibility index (Phi) is 4.76. The van der Waals surface area contributed by atoms with Crippen molar-refractivity contribution in [1.29, 1.82) is 0 Å². The standard InChI is InChI=1S/C10H14BrNO2S/c1-6(10(13)14)7(2)12-5-8-3-4-9(11)15-8/h3-4,6-7,12H,5H2,1-2H3,(H,13,14). The minimum atomic E-state index is -0.762. The Bertz CT molecular complexity index is 340. The average molecular weight is 292 g/mol. The first-order valence-corrected chi connectivity index (χ1v) is 6.32. The van der Waals surface area contributed by atoms with E-state index in [1.165, 1.54) is 4.88 Å². The smallest absolute Gasteiger partial charge is 0.307 e. The lowest BCUT2D eigenvalue weighted by Gasteiger charge is -2.16. The minimum Gasteiger partial charge on any atom is -0.481 e. The molecule has 1 aromatic heterocycles. The lowest BCUT2D eigenvalue weighted by molar-refractivity contribution is -0.141. The Hall–Kier alpha value is -0.390. The van der Waals surface area contributed by atoms with Gasteiger partial charge in [0.25, 0.3) is 0 Å². The summed E-state index contributed by atoms with van der Waals surface area (Å²) >= 11 is 5.04. The fourth-order valence-electron chi connectivity index (χ4n) is 1.10. The van der Waals surface area contributed by atoms with Crippen molar-refractivity contribution in [3.8, 4) is 0 Å². The van der Waals surface area contributed by atoms with Crippen LogP contribution in [0.1, 0.15) is 18.7 Å². The molecular formula is C10H14BrNO2S. The molecule has 0 aliphatic heterocycles. The van der Waals surface area contributed by atoms with Crippen LogP contribution in [-0.2, 0) is 11.3 Å². The van der Waals surface area contributed by atoms with Crippen LogP contribution in [0.25, 0.3) is 0 Å². The lowest BCUT2D eigenvalue weighted by Crippen LogP contribution is -2.35. The van der Waals surface area contributed by atoms with E-state index in [9.17, 15) is 4.79 Å². The summed E-state index contributed by atoms with van der Waals surface area (Å²) in [6, 6.07) is 4.00. The monoisotopic (exact) mass is 291 g/mol. The Labute approximate surface area is 102 Å². The molecular weight excluding hydrogens is 278 g/mol. The molecule has 0 saturated carbocycles. The molecule has 0 bridgehead atoms. The summed E-state index contributed by atoms with van der Waals surface area (Å²) in [5.74, 6) is -1.13. The Morgan fingerprint density at radius 3 is 2.73 bits per heavy atom. The van der Waals surface area contributed by atoms with Crippen LogP contribution < -0.4 is 5.32 Å². The van der Waals surface area contributed by atoms with Crippen molar-refractivity contribution in [2.75, 3.05) is 0 Å². The van der Waals surface area contributed by atoms with E-state index in [-0.39, 0.29) is 12.0 Å². The van der Waals surface area contributed by atoms with Crippen LogP contribution in [0.4, 0.5) is 0 Å². The van der Waals surface area contributed by atoms with Gasteiger partial charge in [-0.25, -0.2) is 0 Å². The van der Waals surface area contributed by atoms with Crippen LogP contribution >= 0.6 is 27.3 Å². The number of aliphatic carboxylic acids is 1. The van der Waals surface area contributed by atoms with Gasteiger partial charge in [-0.2, -0.15) is 0 Å². The summed E-state index contributed by atoms with van der Waals surface area (Å²) in [4.78, 5) is 11.9. The predicted octanol–water partition coefficient (Wildman–Crippen LogP) is 2.71. The number of thiophene rings is 1. The molecule has 0 fully saturated rings. The molecule has 0 saturated heterocycles. The van der Waals surface area contributed by atoms with Crippen molar-refractivity contribution in [1.82, 2.24) is 5.32 Å². The fraction of sp³-hybridized carbons (Fsp3) is 0.500. The van der Waals surface area contributed by atoms with Gasteiger partial charge in [-0.15, -0.1) is 11.3 Å². The topological polar surface area (TPSA) is 49.3 Å². The number of carboxylic acid groups (broad SMARTS) is 1. The quantitative estimate of drug-likeness (QED) is 0.877. The molecule has 15 heavy (non-hydrogen) atoms. The summed E-state index contributed by atoms with van der Waals surface area (Å²) in [5, 5.41) is 12.0. The van der Waals surface area contributed by atoms with Crippen LogP contribution in [-0.4, -0.2) is 17.1 Å². The van der Waals surface area contributed by atoms with Gasteiger partial charge in [-0.1, -0.05) is 6.92 Å². The molecule has 0 spiro atoms. The highest BCUT2D eigenvalue weighted by atomic mass is 79.9. The first-order valence-electron chi connectivity index (χ1n) is 4.71. The molecule has 0 amide bonds. The number of hydrogen-bond acceptors (Lipinski definition) is 3. The van der Waals surface area contributed by atoms with E-state index in [0.29, 0.717) is 0 Å². The van der Waals surface area contributed by atoms with Crippen molar-refractivity contribution in [2.24, 2.45) is 5.92 Å². The van der Waals surface area contributed by atoms with Gasteiger partial charge >= 0.3 is 5.97 Å². The lowest BCUT2D eigenvalue weighted by atomic mass is 10.0. The van der Waals surface area contributed by atoms with Gasteiger partial charge in [0.2, 0.25) is 0 Å². The van der Waals surface area contributed by atoms with Crippen molar-refractivity contribution < 1.29 is 9.90 Å². The highest BCUT2D eigenvalue weighted by Crippen LogP contribution is 2.22. The molecule has 2 N–H and O–H groups in total. The zero-order valence-corrected chi connectivity index (χ0v) is 11.1. The number of hydrogen-bond donors (Lipinski definition) is 2. The third kappa shape index (κ3) is 3.93. The Morgan fingerprint density at radius 1 is 1.60 bits per heavy atom. The molecule has 2 atom stereocenters. The number of carboxylic acids is 1. The summed E-state index contributed by atoms with van der Waals surface area (Å²) in [6.45, 7) is 4.32. The van der Waals surface area contributed by atoms with Crippen LogP contribution in [0.5, 0.6) is 0 Å². The number of carbonyl (C=O) groups is 1. The largest absolute Gasteiger partial charge is 0.481 e. The second-order valence-electron chi connectivity index (χ2n) is 3.50. The van der Waals surface area contributed by atoms with Crippen LogP contribution in [0.3, 0.4) is 0 Å². The molecule has 5 heteroatoms. The van der Waals surface area contributed by atoms with Gasteiger partial charge in [0, 0.05) is 17.5 Å². The van der Waals surface area contributed by atoms with Crippen molar-refractivity contribution in [2.45, 2.75) is 26.4 Å². The highest BCUT2D eigenvalue weighted by Gasteiger charge is 2.18. The minimum absolute atomic E-state index is 0.0247. The van der Waals surface area contributed by atoms with Crippen molar-refractivity contribution in [3.63, 3.8) is 0 Å². The van der Waals surface area contributed by atoms with Crippen LogP contribution in [0.2, 0.25) is 0 Å². The highest BCUT2D eigenvalue weighted by molar-refractivity contribution is 9.11. The maximum absolute atomic E-state index is 10.7. The van der Waals surface area contributed by atoms with Gasteiger partial charge in [-0.05, 0) is 35.0 Å². The van der Waals surface area contributed by atoms with Crippen LogP contribution in [0.15, 0.2) is 15.9 Å². The molecule has 1 aromatic rings. The summed E-state index contributed by atoms with van der Waals surface area (Å²) < 4.78 is 1.10. The van der Waals surface area contributed by atoms with Gasteiger partial charge in [-0.3, -0.25) is 4.79 Å². The van der Waals surface area contributed by atoms with E-state index in [0.717, 1.165) is 10.3 Å². The van der Waals surface area contributed by atoms with E-state index >= 15 is 0 Å². The first-order chi connectivity index (χ1) is 7.00. The summed E-state index contributed by atoms with van der Waals surface area (Å²) in [6.07, 6.45) is 0. The summed E-state index contributed by atoms with van der Waals surface area (Å²) in [5.41, 5.74) is 0. The van der Waals surface area contributed by atoms with Crippen LogP contribution in [0, 0.1) is 5.92 Å². The van der Waals surface area contributed by atoms with E-state index in [4.69, 9.17) is 5.11 Å². The van der Waals surface area contributed by atoms with E-state index in [2.05, 4.69) is 21.2 Å². The third-order valence-corrected chi connectivity index (χ3v) is 3.99. The molecule has 0 radical (unpaired) electrons. The van der Waals surface area contributed by atoms with E-state index in [1.54, 1.807) is 18.3 Å². The normalized spacial score (nSPS) is 14.9. The van der Waals surface area contributed by atoms with Gasteiger partial charge in [0.15, 0.2) is 0 Å². The SMILES string of the molecule is CC(NCc1ccc(Br)s1)C(C)C(=O)O. The number of rotatable bonds is 5. The average Bonchev–Trinajstić information content (AvgIpc) is 2.59. The third-order valence-electron chi connectivity index (χ3n) is 2.37. The van der Waals surface area contributed by atoms with Gasteiger partial charge in [0.05, 0.1) is 9.70 Å². The number of nitrogens with one attached hydrogen (secondary N) is 1. The molecule has 3 nitrogen and oxygen atoms in total. The fourth-order valence-corrected chi connectivity index (χ4v) is 2.53. The Balaban J connectivity index is 2.40. The molecule has 84 valence electrons. The molecule has 0 aliphatic carbocycles. The zero-order chi connectivity index (χ0) is 11.4. The van der Waals surface area contributed by atoms with E-state index < -0.39 is 5.97 Å². The molecule has 2 unspecified atom stereocenters. The van der Waals surface area contributed by atoms with Crippen molar-refractivity contribution in [3.05, 3.63) is 20.8 Å². The second-order valence-corrected chi connectivity index (χ2v) is 6.05. The maximum Gasteiger partial charge on any atom is 0.307 e. The molecule has 1 rings (SSSR count). The maximum atomic E-state index is 10.7. The summed E-state index contributed by atoms with van der Waals surface area (Å²) in [7, 11) is 0. The Morgan fingerprint density at radius 2 is 2.27 bits per heavy atom. The zero-order valence-electron chi connectivity index (χ0n) is 8.66. The van der Waals surface area contributed by atoms with Crippen molar-refractivity contribution >= 4 is 33.2 Å². The number of halogens is 1. The first kappa shape index (κ1) is 12.7. The second kappa shape index (κ2) is 5.63.